The molecule has 0 amide bonds. The molecule has 0 saturated carbocycles. The maximum atomic E-state index is 4.90. The number of nitrogens with two attached hydrogens (primary N) is 1. The number of hydrogen-bond acceptors (Lipinski definition) is 3. The molecule has 0 aromatic carbocycles. The average Bonchev–Trinajstić information content (AvgIpc) is 1.83. The van der Waals surface area contributed by atoms with Gasteiger partial charge in [-0.05, 0) is 13.2 Å². The molecule has 0 aromatic rings. The predicted octanol–water partition coefficient (Wildman–Crippen LogP) is 1.20. The summed E-state index contributed by atoms with van der Waals surface area (Å²) in [5.41, 5.74) is 0. The van der Waals surface area contributed by atoms with Gasteiger partial charge < -0.3 is 5.84 Å². The molecule has 0 bridgehead atoms. The quantitative estimate of drug-likeness (QED) is 0.346. The minimum absolute atomic E-state index is 1.09. The monoisotopic (exact) mass is 130 g/mol. The zero-order chi connectivity index (χ0) is 6.41. The lowest BCUT2D eigenvalue weighted by molar-refractivity contribution is 1.27. The Morgan fingerprint density at radius 1 is 1.75 bits per heavy atom. The summed E-state index contributed by atoms with van der Waals surface area (Å²) in [4.78, 5) is 1.09. The van der Waals surface area contributed by atoms with Crippen LogP contribution in [0.2, 0.25) is 0 Å². The van der Waals surface area contributed by atoms with E-state index in [1.807, 2.05) is 19.3 Å². The van der Waals surface area contributed by atoms with E-state index in [-0.39, 0.29) is 0 Å². The Bertz CT molecular complexity index is 104. The van der Waals surface area contributed by atoms with Gasteiger partial charge in [0.15, 0.2) is 0 Å². The van der Waals surface area contributed by atoms with E-state index in [2.05, 4.69) is 5.10 Å². The van der Waals surface area contributed by atoms with Crippen LogP contribution in [0.3, 0.4) is 0 Å². The molecular formula is C5H10N2S. The highest BCUT2D eigenvalue weighted by molar-refractivity contribution is 8.03. The summed E-state index contributed by atoms with van der Waals surface area (Å²) in [6, 6.07) is 0. The summed E-state index contributed by atoms with van der Waals surface area (Å²) < 4.78 is 0. The van der Waals surface area contributed by atoms with Crippen molar-refractivity contribution in [2.45, 2.75) is 6.92 Å². The molecule has 0 aromatic heterocycles. The van der Waals surface area contributed by atoms with E-state index in [1.54, 1.807) is 18.0 Å². The first-order chi connectivity index (χ1) is 3.85. The van der Waals surface area contributed by atoms with Gasteiger partial charge in [0.05, 0.1) is 6.21 Å². The minimum atomic E-state index is 1.09. The molecule has 0 heterocycles. The molecular weight excluding hydrogens is 120 g/mol. The first-order valence-corrected chi connectivity index (χ1v) is 3.51. The summed E-state index contributed by atoms with van der Waals surface area (Å²) in [5, 5.41) is 3.36. The predicted molar refractivity (Wildman–Crippen MR) is 40.0 cm³/mol. The molecule has 0 unspecified atom stereocenters. The molecule has 0 aliphatic heterocycles. The maximum Gasteiger partial charge on any atom is 0.0598 e. The van der Waals surface area contributed by atoms with Crippen LogP contribution in [0.1, 0.15) is 6.92 Å². The Balaban J connectivity index is 3.72. The Morgan fingerprint density at radius 2 is 2.38 bits per heavy atom. The second kappa shape index (κ2) is 4.71. The highest BCUT2D eigenvalue weighted by atomic mass is 32.2. The van der Waals surface area contributed by atoms with Gasteiger partial charge in [-0.1, -0.05) is 6.08 Å². The molecule has 0 fully saturated rings. The molecule has 3 heteroatoms. The number of hydrazone groups is 1. The van der Waals surface area contributed by atoms with Crippen LogP contribution in [0.4, 0.5) is 0 Å². The second-order valence-electron chi connectivity index (χ2n) is 1.17. The Kier molecular flexibility index (Phi) is 4.45. The number of thioether (sulfide) groups is 1. The van der Waals surface area contributed by atoms with E-state index in [0.29, 0.717) is 0 Å². The van der Waals surface area contributed by atoms with E-state index in [9.17, 15) is 0 Å². The zero-order valence-corrected chi connectivity index (χ0v) is 5.90. The van der Waals surface area contributed by atoms with Crippen LogP contribution in [0.5, 0.6) is 0 Å². The van der Waals surface area contributed by atoms with Gasteiger partial charge in [0.25, 0.3) is 0 Å². The molecule has 0 aliphatic carbocycles. The maximum absolute atomic E-state index is 4.90. The Labute approximate surface area is 53.8 Å². The Hall–Kier alpha value is -0.440. The lowest BCUT2D eigenvalue weighted by atomic mass is 10.6. The summed E-state index contributed by atoms with van der Waals surface area (Å²) >= 11 is 1.63. The van der Waals surface area contributed by atoms with Crippen molar-refractivity contribution in [1.82, 2.24) is 0 Å². The van der Waals surface area contributed by atoms with Gasteiger partial charge in [0.1, 0.15) is 0 Å². The highest BCUT2D eigenvalue weighted by Crippen LogP contribution is 2.06. The molecule has 8 heavy (non-hydrogen) atoms. The van der Waals surface area contributed by atoms with Gasteiger partial charge in [-0.15, -0.1) is 11.8 Å². The van der Waals surface area contributed by atoms with Crippen LogP contribution < -0.4 is 5.84 Å². The van der Waals surface area contributed by atoms with E-state index in [0.717, 1.165) is 4.91 Å². The molecule has 0 radical (unpaired) electrons. The van der Waals surface area contributed by atoms with E-state index in [4.69, 9.17) is 5.84 Å². The van der Waals surface area contributed by atoms with Crippen molar-refractivity contribution in [2.24, 2.45) is 10.9 Å². The summed E-state index contributed by atoms with van der Waals surface area (Å²) in [6.07, 6.45) is 5.57. The third kappa shape index (κ3) is 2.69. The second-order valence-corrected chi connectivity index (χ2v) is 2.05. The normalized spacial score (nSPS) is 13.0. The van der Waals surface area contributed by atoms with Crippen molar-refractivity contribution >= 4 is 18.0 Å². The van der Waals surface area contributed by atoms with Crippen LogP contribution in [0.15, 0.2) is 16.1 Å². The molecule has 0 saturated heterocycles. The molecule has 0 spiro atoms. The lowest BCUT2D eigenvalue weighted by Crippen LogP contribution is -1.83. The molecule has 2 N–H and O–H groups in total. The van der Waals surface area contributed by atoms with Crippen molar-refractivity contribution in [2.75, 3.05) is 6.26 Å². The van der Waals surface area contributed by atoms with E-state index >= 15 is 0 Å². The number of rotatable bonds is 2. The zero-order valence-electron chi connectivity index (χ0n) is 5.09. The van der Waals surface area contributed by atoms with Gasteiger partial charge in [-0.25, -0.2) is 0 Å². The molecule has 0 rings (SSSR count). The van der Waals surface area contributed by atoms with Crippen LogP contribution in [0, 0.1) is 0 Å². The number of nitrogens with zero attached hydrogens (tertiary/aromatic N) is 1. The first kappa shape index (κ1) is 7.56. The van der Waals surface area contributed by atoms with Crippen molar-refractivity contribution in [3.05, 3.63) is 11.0 Å². The van der Waals surface area contributed by atoms with E-state index in [1.165, 1.54) is 0 Å². The van der Waals surface area contributed by atoms with Crippen LogP contribution in [-0.2, 0) is 0 Å². The number of allylic oxidation sites excluding steroid dienone is 2. The first-order valence-electron chi connectivity index (χ1n) is 2.28. The smallest absolute Gasteiger partial charge is 0.0598 e. The van der Waals surface area contributed by atoms with Gasteiger partial charge in [0.2, 0.25) is 0 Å². The van der Waals surface area contributed by atoms with Crippen molar-refractivity contribution in [1.29, 1.82) is 0 Å². The topological polar surface area (TPSA) is 38.4 Å². The molecule has 46 valence electrons. The number of hydrogen-bond donors (Lipinski definition) is 1. The fraction of sp³-hybridized carbons (Fsp3) is 0.400. The third-order valence-electron chi connectivity index (χ3n) is 0.722. The average molecular weight is 130 g/mol. The van der Waals surface area contributed by atoms with Crippen LogP contribution >= 0.6 is 11.8 Å². The van der Waals surface area contributed by atoms with Gasteiger partial charge in [-0.3, -0.25) is 0 Å². The standard InChI is InChI=1S/C5H10N2S/c1-3-5(8-2)4-7-6/h3-4H,6H2,1-2H3/b5-3+,7-4-. The molecule has 0 aliphatic rings. The summed E-state index contributed by atoms with van der Waals surface area (Å²) in [6.45, 7) is 1.95. The fourth-order valence-corrected chi connectivity index (χ4v) is 0.721. The van der Waals surface area contributed by atoms with Gasteiger partial charge in [0, 0.05) is 4.91 Å². The van der Waals surface area contributed by atoms with Gasteiger partial charge >= 0.3 is 0 Å². The Morgan fingerprint density at radius 3 is 2.50 bits per heavy atom. The third-order valence-corrected chi connectivity index (χ3v) is 1.53. The van der Waals surface area contributed by atoms with Crippen LogP contribution in [0.25, 0.3) is 0 Å². The minimum Gasteiger partial charge on any atom is -0.323 e. The SMILES string of the molecule is C/C=C(\C=N/N)SC. The fourth-order valence-electron chi connectivity index (χ4n) is 0.319. The highest BCUT2D eigenvalue weighted by Gasteiger charge is 1.82. The summed E-state index contributed by atoms with van der Waals surface area (Å²) in [5.74, 6) is 4.90. The molecule has 2 nitrogen and oxygen atoms in total. The largest absolute Gasteiger partial charge is 0.323 e. The van der Waals surface area contributed by atoms with Crippen LogP contribution in [-0.4, -0.2) is 12.5 Å². The summed E-state index contributed by atoms with van der Waals surface area (Å²) in [7, 11) is 0. The lowest BCUT2D eigenvalue weighted by Gasteiger charge is -1.88. The van der Waals surface area contributed by atoms with E-state index < -0.39 is 0 Å². The molecule has 0 atom stereocenters. The van der Waals surface area contributed by atoms with Crippen molar-refractivity contribution in [3.63, 3.8) is 0 Å². The van der Waals surface area contributed by atoms with Gasteiger partial charge in [-0.2, -0.15) is 5.10 Å². The van der Waals surface area contributed by atoms with Crippen molar-refractivity contribution in [3.8, 4) is 0 Å². The van der Waals surface area contributed by atoms with Crippen molar-refractivity contribution < 1.29 is 0 Å².